The van der Waals surface area contributed by atoms with Crippen LogP contribution in [0.25, 0.3) is 0 Å². The summed E-state index contributed by atoms with van der Waals surface area (Å²) in [5.41, 5.74) is 1.63. The highest BCUT2D eigenvalue weighted by molar-refractivity contribution is 7.13. The molecule has 21 heavy (non-hydrogen) atoms. The van der Waals surface area contributed by atoms with Crippen molar-refractivity contribution in [2.75, 3.05) is 21.2 Å². The van der Waals surface area contributed by atoms with Crippen molar-refractivity contribution in [2.45, 2.75) is 13.0 Å². The summed E-state index contributed by atoms with van der Waals surface area (Å²) in [6.45, 7) is 0.646. The second kappa shape index (κ2) is 6.69. The van der Waals surface area contributed by atoms with Crippen molar-refractivity contribution in [1.82, 2.24) is 9.88 Å². The Balaban J connectivity index is 2.24. The van der Waals surface area contributed by atoms with Gasteiger partial charge in [0.05, 0.1) is 12.8 Å². The molecule has 0 atom stereocenters. The second-order valence-corrected chi connectivity index (χ2v) is 6.03. The van der Waals surface area contributed by atoms with Crippen molar-refractivity contribution in [3.63, 3.8) is 0 Å². The third-order valence-electron chi connectivity index (χ3n) is 2.92. The molecule has 0 bridgehead atoms. The van der Waals surface area contributed by atoms with Crippen LogP contribution in [0.1, 0.15) is 25.9 Å². The normalized spacial score (nSPS) is 10.9. The lowest BCUT2D eigenvalue weighted by molar-refractivity contribution is 0.0701. The van der Waals surface area contributed by atoms with Crippen molar-refractivity contribution in [2.24, 2.45) is 0 Å². The van der Waals surface area contributed by atoms with E-state index in [2.05, 4.69) is 4.98 Å². The molecule has 2 rings (SSSR count). The summed E-state index contributed by atoms with van der Waals surface area (Å²) in [6, 6.07) is 7.58. The monoisotopic (exact) mass is 306 g/mol. The number of aromatic nitrogens is 1. The summed E-state index contributed by atoms with van der Waals surface area (Å²) in [6.07, 6.45) is 0.509. The van der Waals surface area contributed by atoms with Gasteiger partial charge in [-0.15, -0.1) is 11.3 Å². The van der Waals surface area contributed by atoms with Crippen LogP contribution in [0.3, 0.4) is 0 Å². The van der Waals surface area contributed by atoms with Crippen molar-refractivity contribution in [3.05, 3.63) is 45.4 Å². The van der Waals surface area contributed by atoms with Crippen LogP contribution in [-0.2, 0) is 13.0 Å². The minimum absolute atomic E-state index is 0.322. The van der Waals surface area contributed by atoms with E-state index in [9.17, 15) is 9.90 Å². The Morgan fingerprint density at radius 1 is 1.33 bits per heavy atom. The average Bonchev–Trinajstić information content (AvgIpc) is 2.81. The molecule has 1 heterocycles. The van der Waals surface area contributed by atoms with Crippen LogP contribution in [-0.4, -0.2) is 42.2 Å². The number of ether oxygens (including phenoxy) is 1. The molecule has 0 aliphatic carbocycles. The number of carboxylic acids is 1. The average molecular weight is 306 g/mol. The van der Waals surface area contributed by atoms with Crippen LogP contribution < -0.4 is 4.74 Å². The second-order valence-electron chi connectivity index (χ2n) is 4.95. The molecule has 0 saturated heterocycles. The fourth-order valence-corrected chi connectivity index (χ4v) is 3.00. The Hall–Kier alpha value is -1.92. The molecule has 2 aromatic rings. The number of hydrogen-bond acceptors (Lipinski definition) is 5. The number of nitrogens with zero attached hydrogens (tertiary/aromatic N) is 2. The highest BCUT2D eigenvalue weighted by atomic mass is 32.1. The zero-order chi connectivity index (χ0) is 15.4. The fraction of sp³-hybridized carbons (Fsp3) is 0.333. The van der Waals surface area contributed by atoms with Crippen LogP contribution in [0.4, 0.5) is 0 Å². The SMILES string of the molecule is COc1ccc(Cc2nc(CN(C)C)sc2C(=O)O)cc1. The fourth-order valence-electron chi connectivity index (χ4n) is 1.96. The number of hydrogen-bond donors (Lipinski definition) is 1. The van der Waals surface area contributed by atoms with Gasteiger partial charge in [0, 0.05) is 13.0 Å². The van der Waals surface area contributed by atoms with Gasteiger partial charge in [-0.1, -0.05) is 12.1 Å². The lowest BCUT2D eigenvalue weighted by Gasteiger charge is -2.05. The molecular weight excluding hydrogens is 288 g/mol. The Kier molecular flexibility index (Phi) is 4.93. The van der Waals surface area contributed by atoms with Crippen molar-refractivity contribution in [3.8, 4) is 5.75 Å². The third-order valence-corrected chi connectivity index (χ3v) is 3.99. The molecule has 5 nitrogen and oxygen atoms in total. The van der Waals surface area contributed by atoms with E-state index in [-0.39, 0.29) is 0 Å². The van der Waals surface area contributed by atoms with Gasteiger partial charge in [0.15, 0.2) is 0 Å². The largest absolute Gasteiger partial charge is 0.497 e. The van der Waals surface area contributed by atoms with E-state index >= 15 is 0 Å². The van der Waals surface area contributed by atoms with Gasteiger partial charge in [0.25, 0.3) is 0 Å². The highest BCUT2D eigenvalue weighted by Gasteiger charge is 2.17. The van der Waals surface area contributed by atoms with E-state index in [0.717, 1.165) is 16.3 Å². The first-order valence-corrected chi connectivity index (χ1v) is 7.30. The van der Waals surface area contributed by atoms with Gasteiger partial charge in [-0.25, -0.2) is 9.78 Å². The van der Waals surface area contributed by atoms with Crippen LogP contribution >= 0.6 is 11.3 Å². The zero-order valence-electron chi connectivity index (χ0n) is 12.3. The summed E-state index contributed by atoms with van der Waals surface area (Å²) in [5.74, 6) is -0.134. The molecule has 0 radical (unpaired) electrons. The van der Waals surface area contributed by atoms with Crippen LogP contribution in [0.15, 0.2) is 24.3 Å². The molecule has 0 aliphatic heterocycles. The maximum atomic E-state index is 11.3. The molecule has 0 unspecified atom stereocenters. The summed E-state index contributed by atoms with van der Waals surface area (Å²) in [5, 5.41) is 10.1. The predicted molar refractivity (Wildman–Crippen MR) is 82.3 cm³/mol. The smallest absolute Gasteiger partial charge is 0.347 e. The molecule has 1 aromatic heterocycles. The van der Waals surface area contributed by atoms with E-state index in [0.29, 0.717) is 23.5 Å². The van der Waals surface area contributed by atoms with E-state index in [1.54, 1.807) is 7.11 Å². The summed E-state index contributed by atoms with van der Waals surface area (Å²) in [7, 11) is 5.49. The molecule has 1 aromatic carbocycles. The topological polar surface area (TPSA) is 62.7 Å². The van der Waals surface area contributed by atoms with Crippen molar-refractivity contribution in [1.29, 1.82) is 0 Å². The lowest BCUT2D eigenvalue weighted by atomic mass is 10.1. The Morgan fingerprint density at radius 3 is 2.52 bits per heavy atom. The van der Waals surface area contributed by atoms with E-state index in [1.165, 1.54) is 11.3 Å². The van der Waals surface area contributed by atoms with E-state index in [1.807, 2.05) is 43.3 Å². The van der Waals surface area contributed by atoms with Gasteiger partial charge in [0.2, 0.25) is 0 Å². The molecule has 112 valence electrons. The maximum absolute atomic E-state index is 11.3. The molecule has 0 amide bonds. The zero-order valence-corrected chi connectivity index (χ0v) is 13.1. The lowest BCUT2D eigenvalue weighted by Crippen LogP contribution is -2.10. The van der Waals surface area contributed by atoms with Crippen molar-refractivity contribution >= 4 is 17.3 Å². The van der Waals surface area contributed by atoms with E-state index < -0.39 is 5.97 Å². The third kappa shape index (κ3) is 4.03. The minimum atomic E-state index is -0.916. The first kappa shape index (κ1) is 15.5. The predicted octanol–water partition coefficient (Wildman–Crippen LogP) is 2.50. The summed E-state index contributed by atoms with van der Waals surface area (Å²) >= 11 is 1.25. The quantitative estimate of drug-likeness (QED) is 0.888. The van der Waals surface area contributed by atoms with Crippen LogP contribution in [0.5, 0.6) is 5.75 Å². The Labute approximate surface area is 127 Å². The van der Waals surface area contributed by atoms with Crippen LogP contribution in [0.2, 0.25) is 0 Å². The number of aromatic carboxylic acids is 1. The molecule has 6 heteroatoms. The number of methoxy groups -OCH3 is 1. The molecule has 0 fully saturated rings. The highest BCUT2D eigenvalue weighted by Crippen LogP contribution is 2.23. The molecular formula is C15H18N2O3S. The number of benzene rings is 1. The molecule has 0 saturated carbocycles. The minimum Gasteiger partial charge on any atom is -0.497 e. The van der Waals surface area contributed by atoms with Gasteiger partial charge >= 0.3 is 5.97 Å². The number of thiazole rings is 1. The van der Waals surface area contributed by atoms with Gasteiger partial charge < -0.3 is 14.7 Å². The van der Waals surface area contributed by atoms with Gasteiger partial charge in [-0.3, -0.25) is 0 Å². The number of carboxylic acid groups (broad SMARTS) is 1. The molecule has 0 spiro atoms. The first-order valence-electron chi connectivity index (χ1n) is 6.49. The Bertz CT molecular complexity index is 620. The van der Waals surface area contributed by atoms with Gasteiger partial charge in [-0.05, 0) is 31.8 Å². The summed E-state index contributed by atoms with van der Waals surface area (Å²) in [4.78, 5) is 18.1. The summed E-state index contributed by atoms with van der Waals surface area (Å²) < 4.78 is 5.12. The van der Waals surface area contributed by atoms with Gasteiger partial charge in [0.1, 0.15) is 15.6 Å². The maximum Gasteiger partial charge on any atom is 0.347 e. The van der Waals surface area contributed by atoms with Crippen LogP contribution in [0, 0.1) is 0 Å². The molecule has 1 N–H and O–H groups in total. The van der Waals surface area contributed by atoms with E-state index in [4.69, 9.17) is 4.74 Å². The van der Waals surface area contributed by atoms with Crippen molar-refractivity contribution < 1.29 is 14.6 Å². The standard InChI is InChI=1S/C15H18N2O3S/c1-17(2)9-13-16-12(14(21-13)15(18)19)8-10-4-6-11(20-3)7-5-10/h4-7H,8-9H2,1-3H3,(H,18,19). The Morgan fingerprint density at radius 2 is 2.00 bits per heavy atom. The number of rotatable bonds is 6. The molecule has 0 aliphatic rings. The van der Waals surface area contributed by atoms with Gasteiger partial charge in [-0.2, -0.15) is 0 Å². The first-order chi connectivity index (χ1) is 9.99. The number of carbonyl (C=O) groups is 1.